The van der Waals surface area contributed by atoms with Crippen LogP contribution in [-0.2, 0) is 35.1 Å². The highest BCUT2D eigenvalue weighted by molar-refractivity contribution is 7.15. The molecule has 3 aromatic heterocycles. The Labute approximate surface area is 409 Å². The molecule has 5 aromatic rings. The topological polar surface area (TPSA) is 205 Å². The average Bonchev–Trinajstić information content (AvgIpc) is 4.07. The molecule has 0 aliphatic carbocycles. The van der Waals surface area contributed by atoms with Gasteiger partial charge < -0.3 is 44.1 Å². The van der Waals surface area contributed by atoms with Crippen LogP contribution in [0.15, 0.2) is 58.0 Å². The molecule has 0 spiro atoms. The Hall–Kier alpha value is -5.21. The summed E-state index contributed by atoms with van der Waals surface area (Å²) in [5.41, 5.74) is 5.16. The number of hydrogen-bond donors (Lipinski definition) is 3. The van der Waals surface area contributed by atoms with Crippen LogP contribution in [0, 0.1) is 33.6 Å². The number of β-amino-alcohol motifs (C(OH)–C–C–N with tert-alkyl or cyclic N) is 1. The third kappa shape index (κ3) is 12.3. The number of ether oxygens (including phenoxy) is 4. The maximum Gasteiger partial charge on any atom is 0.243 e. The molecule has 2 aliphatic heterocycles. The summed E-state index contributed by atoms with van der Waals surface area (Å²) in [6.07, 6.45) is -0.640. The molecule has 1 saturated heterocycles. The van der Waals surface area contributed by atoms with Crippen LogP contribution in [0.1, 0.15) is 88.9 Å². The maximum absolute atomic E-state index is 13.8. The Morgan fingerprint density at radius 1 is 0.897 bits per heavy atom. The lowest BCUT2D eigenvalue weighted by molar-refractivity contribution is -0.141. The van der Waals surface area contributed by atoms with E-state index in [1.807, 2.05) is 49.6 Å². The summed E-state index contributed by atoms with van der Waals surface area (Å²) in [6, 6.07) is 13.0. The zero-order chi connectivity index (χ0) is 48.5. The van der Waals surface area contributed by atoms with E-state index in [0.717, 1.165) is 33.2 Å². The van der Waals surface area contributed by atoms with E-state index in [2.05, 4.69) is 39.8 Å². The quantitative estimate of drug-likeness (QED) is 0.0645. The first kappa shape index (κ1) is 50.7. The zero-order valence-corrected chi connectivity index (χ0v) is 41.4. The smallest absolute Gasteiger partial charge is 0.243 e. The van der Waals surface area contributed by atoms with Crippen molar-refractivity contribution >= 4 is 58.0 Å². The number of hydrogen-bond acceptors (Lipinski definition) is 14. The van der Waals surface area contributed by atoms with Crippen LogP contribution in [0.3, 0.4) is 0 Å². The number of benzene rings is 2. The molecule has 5 heterocycles. The molecular formula is C48H58Cl2N8O9S. The second-order valence-electron chi connectivity index (χ2n) is 17.1. The molecule has 0 radical (unpaired) electrons. The number of nitrogens with zero attached hydrogens (tertiary/aromatic N) is 6. The molecule has 68 heavy (non-hydrogen) atoms. The van der Waals surface area contributed by atoms with Gasteiger partial charge in [-0.2, -0.15) is 0 Å². The normalized spacial score (nSPS) is 17.1. The van der Waals surface area contributed by atoms with Crippen molar-refractivity contribution in [3.8, 4) is 10.8 Å². The minimum atomic E-state index is -0.857. The summed E-state index contributed by atoms with van der Waals surface area (Å²) in [5.74, 6) is 0.610. The predicted molar refractivity (Wildman–Crippen MR) is 257 cm³/mol. The van der Waals surface area contributed by atoms with Crippen molar-refractivity contribution in [3.05, 3.63) is 109 Å². The molecule has 1 unspecified atom stereocenters. The SMILES string of the molecule is Cc1cc(C(C(=O)N2C[C@H](O)C[C@H]2C(=O)NCc2ccc(Cl)cc2OCCOCCOCCOCCNC(=O)C[C@@H]2N=C(c3ccc(Cl)cc3)c3c(sc(C)c3C)-n3c(C)nnc32)C(C)C)on1. The molecule has 1 fully saturated rings. The van der Waals surface area contributed by atoms with Crippen LogP contribution in [0.4, 0.5) is 0 Å². The lowest BCUT2D eigenvalue weighted by atomic mass is 9.91. The minimum absolute atomic E-state index is 0.0413. The standard InChI is InChI=1S/C48H58Cl2N8O9S/c1-27(2)42(40-21-28(3)56-67-40)47(62)57-26-36(59)23-38(57)46(61)52-25-33-9-12-35(50)22-39(33)66-20-19-65-18-17-64-16-15-63-14-13-51-41(60)24-37-45-55-54-31(6)58(45)48-43(29(4)30(5)68-48)44(53-37)32-7-10-34(49)11-8-32/h7-12,21-22,27,36-38,42,59H,13-20,23-26H2,1-6H3,(H,51,60)(H,52,61)/t36-,37+,38+,42?/m1/s1. The lowest BCUT2D eigenvalue weighted by Crippen LogP contribution is -2.48. The van der Waals surface area contributed by atoms with Crippen LogP contribution in [0.5, 0.6) is 5.75 Å². The molecule has 7 rings (SSSR count). The Balaban J connectivity index is 0.785. The Morgan fingerprint density at radius 3 is 2.28 bits per heavy atom. The third-order valence-corrected chi connectivity index (χ3v) is 13.4. The molecule has 2 aliphatic rings. The highest BCUT2D eigenvalue weighted by atomic mass is 35.5. The van der Waals surface area contributed by atoms with Gasteiger partial charge in [0.15, 0.2) is 5.82 Å². The fourth-order valence-corrected chi connectivity index (χ4v) is 9.76. The highest BCUT2D eigenvalue weighted by Crippen LogP contribution is 2.40. The lowest BCUT2D eigenvalue weighted by Gasteiger charge is -2.28. The molecule has 364 valence electrons. The van der Waals surface area contributed by atoms with Crippen molar-refractivity contribution in [2.24, 2.45) is 10.9 Å². The van der Waals surface area contributed by atoms with Gasteiger partial charge in [-0.3, -0.25) is 23.9 Å². The molecule has 0 bridgehead atoms. The molecular weight excluding hydrogens is 936 g/mol. The van der Waals surface area contributed by atoms with E-state index in [9.17, 15) is 19.5 Å². The number of carbonyl (C=O) groups excluding carboxylic acids is 3. The maximum atomic E-state index is 13.8. The largest absolute Gasteiger partial charge is 0.491 e. The number of thiophene rings is 1. The number of carbonyl (C=O) groups is 3. The van der Waals surface area contributed by atoms with Crippen LogP contribution >= 0.6 is 34.5 Å². The van der Waals surface area contributed by atoms with Crippen molar-refractivity contribution in [3.63, 3.8) is 0 Å². The number of aryl methyl sites for hydroxylation is 3. The van der Waals surface area contributed by atoms with Gasteiger partial charge in [0.2, 0.25) is 17.7 Å². The van der Waals surface area contributed by atoms with Crippen LogP contribution < -0.4 is 15.4 Å². The van der Waals surface area contributed by atoms with E-state index < -0.39 is 24.1 Å². The summed E-state index contributed by atoms with van der Waals surface area (Å²) in [5, 5.41) is 31.2. The minimum Gasteiger partial charge on any atom is -0.491 e. The molecule has 3 N–H and O–H groups in total. The number of likely N-dealkylation sites (tertiary alicyclic amines) is 1. The number of aliphatic imine (C=N–C) groups is 1. The van der Waals surface area contributed by atoms with Gasteiger partial charge in [0.1, 0.15) is 46.9 Å². The van der Waals surface area contributed by atoms with Gasteiger partial charge in [-0.15, -0.1) is 21.5 Å². The van der Waals surface area contributed by atoms with Crippen molar-refractivity contribution in [2.45, 2.75) is 85.0 Å². The second kappa shape index (κ2) is 23.4. The van der Waals surface area contributed by atoms with Gasteiger partial charge in [-0.1, -0.05) is 60.4 Å². The van der Waals surface area contributed by atoms with Gasteiger partial charge in [0.25, 0.3) is 0 Å². The number of aliphatic hydroxyl groups is 1. The van der Waals surface area contributed by atoms with E-state index in [1.54, 1.807) is 42.5 Å². The Bertz CT molecular complexity index is 2580. The van der Waals surface area contributed by atoms with Gasteiger partial charge in [-0.25, -0.2) is 0 Å². The average molecular weight is 994 g/mol. The number of amides is 3. The fourth-order valence-electron chi connectivity index (χ4n) is 8.25. The van der Waals surface area contributed by atoms with Crippen LogP contribution in [0.25, 0.3) is 5.00 Å². The second-order valence-corrected chi connectivity index (χ2v) is 19.2. The van der Waals surface area contributed by atoms with Crippen molar-refractivity contribution in [1.29, 1.82) is 0 Å². The summed E-state index contributed by atoms with van der Waals surface area (Å²) in [6.45, 7) is 14.3. The van der Waals surface area contributed by atoms with Crippen LogP contribution in [-0.4, -0.2) is 125 Å². The van der Waals surface area contributed by atoms with Crippen molar-refractivity contribution in [1.82, 2.24) is 35.5 Å². The zero-order valence-electron chi connectivity index (χ0n) is 39.1. The highest BCUT2D eigenvalue weighted by Gasteiger charge is 2.43. The summed E-state index contributed by atoms with van der Waals surface area (Å²) in [4.78, 5) is 48.3. The van der Waals surface area contributed by atoms with Crippen LogP contribution in [0.2, 0.25) is 10.0 Å². The first-order valence-corrected chi connectivity index (χ1v) is 24.2. The first-order valence-electron chi connectivity index (χ1n) is 22.7. The van der Waals surface area contributed by atoms with E-state index >= 15 is 0 Å². The number of rotatable bonds is 22. The molecule has 20 heteroatoms. The fraction of sp³-hybridized carbons (Fsp3) is 0.479. The van der Waals surface area contributed by atoms with Gasteiger partial charge in [0.05, 0.1) is 63.6 Å². The number of fused-ring (bicyclic) bond motifs is 3. The Morgan fingerprint density at radius 2 is 1.59 bits per heavy atom. The summed E-state index contributed by atoms with van der Waals surface area (Å²) in [7, 11) is 0. The first-order chi connectivity index (χ1) is 32.7. The molecule has 4 atom stereocenters. The molecule has 3 amide bonds. The van der Waals surface area contributed by atoms with Gasteiger partial charge in [0, 0.05) is 63.7 Å². The molecule has 0 saturated carbocycles. The van der Waals surface area contributed by atoms with Crippen molar-refractivity contribution < 1.29 is 43.0 Å². The van der Waals surface area contributed by atoms with E-state index in [-0.39, 0.29) is 62.8 Å². The van der Waals surface area contributed by atoms with Gasteiger partial charge >= 0.3 is 0 Å². The van der Waals surface area contributed by atoms with E-state index in [4.69, 9.17) is 51.7 Å². The van der Waals surface area contributed by atoms with E-state index in [0.29, 0.717) is 78.2 Å². The number of aliphatic hydroxyl groups excluding tert-OH is 1. The number of nitrogens with one attached hydrogen (secondary N) is 2. The molecule has 17 nitrogen and oxygen atoms in total. The summed E-state index contributed by atoms with van der Waals surface area (Å²) >= 11 is 14.2. The monoisotopic (exact) mass is 992 g/mol. The van der Waals surface area contributed by atoms with Crippen molar-refractivity contribution in [2.75, 3.05) is 59.3 Å². The number of aromatic nitrogens is 4. The Kier molecular flexibility index (Phi) is 17.4. The third-order valence-electron chi connectivity index (χ3n) is 11.8. The summed E-state index contributed by atoms with van der Waals surface area (Å²) < 4.78 is 30.5. The predicted octanol–water partition coefficient (Wildman–Crippen LogP) is 6.40. The molecule has 2 aromatic carbocycles. The van der Waals surface area contributed by atoms with Gasteiger partial charge in [-0.05, 0) is 63.4 Å². The van der Waals surface area contributed by atoms with E-state index in [1.165, 1.54) is 9.78 Å². The number of halogens is 2.